The van der Waals surface area contributed by atoms with Crippen molar-refractivity contribution in [2.75, 3.05) is 20.8 Å². The number of ether oxygens (including phenoxy) is 2. The van der Waals surface area contributed by atoms with Gasteiger partial charge in [-0.05, 0) is 29.7 Å². The number of aliphatic imine (C=N–C) groups is 1. The topological polar surface area (TPSA) is 86.7 Å². The van der Waals surface area contributed by atoms with Gasteiger partial charge in [0.05, 0.1) is 20.8 Å². The zero-order chi connectivity index (χ0) is 17.4. The molecule has 0 radical (unpaired) electrons. The minimum absolute atomic E-state index is 0.389. The standard InChI is InChI=1S/C17H25N5O2/c1-13(12-22-8-4-7-21-22)10-19-17(18)20-11-14-5-6-15(23-2)16(9-14)24-3/h4-9,13H,10-12H2,1-3H3,(H3,18,19,20). The van der Waals surface area contributed by atoms with E-state index in [1.165, 1.54) is 0 Å². The van der Waals surface area contributed by atoms with E-state index in [0.29, 0.717) is 29.9 Å². The van der Waals surface area contributed by atoms with E-state index >= 15 is 0 Å². The van der Waals surface area contributed by atoms with Gasteiger partial charge in [0.1, 0.15) is 0 Å². The molecule has 0 aliphatic rings. The Morgan fingerprint density at radius 3 is 2.79 bits per heavy atom. The normalized spacial score (nSPS) is 12.7. The van der Waals surface area contributed by atoms with Crippen molar-refractivity contribution in [3.63, 3.8) is 0 Å². The largest absolute Gasteiger partial charge is 0.493 e. The second-order valence-corrected chi connectivity index (χ2v) is 5.60. The molecule has 0 bridgehead atoms. The average molecular weight is 331 g/mol. The third-order valence-electron chi connectivity index (χ3n) is 3.57. The molecule has 7 heteroatoms. The van der Waals surface area contributed by atoms with E-state index in [9.17, 15) is 0 Å². The fourth-order valence-electron chi connectivity index (χ4n) is 2.28. The molecule has 0 amide bonds. The highest BCUT2D eigenvalue weighted by Gasteiger charge is 2.05. The summed E-state index contributed by atoms with van der Waals surface area (Å²) in [7, 11) is 3.23. The van der Waals surface area contributed by atoms with Crippen LogP contribution in [-0.4, -0.2) is 36.5 Å². The van der Waals surface area contributed by atoms with Crippen LogP contribution in [0.2, 0.25) is 0 Å². The van der Waals surface area contributed by atoms with Gasteiger partial charge in [-0.2, -0.15) is 5.10 Å². The number of nitrogens with one attached hydrogen (secondary N) is 1. The zero-order valence-electron chi connectivity index (χ0n) is 14.4. The van der Waals surface area contributed by atoms with Gasteiger partial charge >= 0.3 is 0 Å². The summed E-state index contributed by atoms with van der Waals surface area (Å²) in [5.41, 5.74) is 6.93. The number of nitrogens with two attached hydrogens (primary N) is 1. The molecule has 24 heavy (non-hydrogen) atoms. The van der Waals surface area contributed by atoms with Gasteiger partial charge in [-0.25, -0.2) is 4.99 Å². The molecule has 7 nitrogen and oxygen atoms in total. The Labute approximate surface area is 142 Å². The highest BCUT2D eigenvalue weighted by molar-refractivity contribution is 5.77. The van der Waals surface area contributed by atoms with Crippen molar-refractivity contribution in [1.82, 2.24) is 15.1 Å². The van der Waals surface area contributed by atoms with E-state index in [1.54, 1.807) is 20.4 Å². The summed E-state index contributed by atoms with van der Waals surface area (Å²) in [5.74, 6) is 2.20. The minimum atomic E-state index is 0.389. The first-order valence-electron chi connectivity index (χ1n) is 7.84. The van der Waals surface area contributed by atoms with E-state index in [1.807, 2.05) is 35.1 Å². The van der Waals surface area contributed by atoms with Crippen LogP contribution in [0.5, 0.6) is 11.5 Å². The summed E-state index contributed by atoms with van der Waals surface area (Å²) in [4.78, 5) is 4.36. The smallest absolute Gasteiger partial charge is 0.188 e. The molecule has 0 spiro atoms. The number of aromatic nitrogens is 2. The molecule has 1 aromatic heterocycles. The maximum atomic E-state index is 5.93. The van der Waals surface area contributed by atoms with E-state index in [4.69, 9.17) is 15.2 Å². The van der Waals surface area contributed by atoms with Crippen molar-refractivity contribution < 1.29 is 9.47 Å². The van der Waals surface area contributed by atoms with Gasteiger partial charge < -0.3 is 20.5 Å². The predicted octanol–water partition coefficient (Wildman–Crippen LogP) is 1.64. The maximum absolute atomic E-state index is 5.93. The molecule has 1 atom stereocenters. The highest BCUT2D eigenvalue weighted by atomic mass is 16.5. The Bertz CT molecular complexity index is 655. The molecular weight excluding hydrogens is 306 g/mol. The zero-order valence-corrected chi connectivity index (χ0v) is 14.4. The van der Waals surface area contributed by atoms with Crippen LogP contribution in [0.1, 0.15) is 12.5 Å². The Balaban J connectivity index is 1.83. The van der Waals surface area contributed by atoms with Gasteiger partial charge in [0.2, 0.25) is 0 Å². The quantitative estimate of drug-likeness (QED) is 0.567. The lowest BCUT2D eigenvalue weighted by Gasteiger charge is -2.13. The molecule has 0 aliphatic heterocycles. The molecule has 0 saturated heterocycles. The van der Waals surface area contributed by atoms with Crippen molar-refractivity contribution in [2.45, 2.75) is 20.0 Å². The van der Waals surface area contributed by atoms with Gasteiger partial charge in [-0.1, -0.05) is 13.0 Å². The summed E-state index contributed by atoms with van der Waals surface area (Å²) < 4.78 is 12.4. The van der Waals surface area contributed by atoms with Crippen molar-refractivity contribution in [1.29, 1.82) is 0 Å². The average Bonchev–Trinajstić information content (AvgIpc) is 3.10. The Morgan fingerprint density at radius 2 is 2.12 bits per heavy atom. The van der Waals surface area contributed by atoms with E-state index < -0.39 is 0 Å². The minimum Gasteiger partial charge on any atom is -0.493 e. The molecule has 0 fully saturated rings. The second-order valence-electron chi connectivity index (χ2n) is 5.60. The highest BCUT2D eigenvalue weighted by Crippen LogP contribution is 2.27. The monoisotopic (exact) mass is 331 g/mol. The number of benzene rings is 1. The number of guanidine groups is 1. The summed E-state index contributed by atoms with van der Waals surface area (Å²) in [6, 6.07) is 7.62. The van der Waals surface area contributed by atoms with Gasteiger partial charge in [0.15, 0.2) is 17.5 Å². The maximum Gasteiger partial charge on any atom is 0.188 e. The fourth-order valence-corrected chi connectivity index (χ4v) is 2.28. The molecular formula is C17H25N5O2. The Morgan fingerprint density at radius 1 is 1.33 bits per heavy atom. The third kappa shape index (κ3) is 5.19. The van der Waals surface area contributed by atoms with E-state index in [2.05, 4.69) is 22.3 Å². The van der Waals surface area contributed by atoms with Crippen molar-refractivity contribution >= 4 is 5.96 Å². The van der Waals surface area contributed by atoms with Crippen LogP contribution in [0.15, 0.2) is 41.7 Å². The van der Waals surface area contributed by atoms with Crippen LogP contribution in [0, 0.1) is 5.92 Å². The van der Waals surface area contributed by atoms with E-state index in [0.717, 1.165) is 18.7 Å². The number of rotatable bonds is 8. The lowest BCUT2D eigenvalue weighted by molar-refractivity contribution is 0.354. The predicted molar refractivity (Wildman–Crippen MR) is 94.3 cm³/mol. The first-order chi connectivity index (χ1) is 11.6. The van der Waals surface area contributed by atoms with Gasteiger partial charge in [0.25, 0.3) is 0 Å². The summed E-state index contributed by atoms with van der Waals surface area (Å²) in [6.45, 7) is 4.19. The SMILES string of the molecule is COc1ccc(CN=C(N)NCC(C)Cn2cccn2)cc1OC. The lowest BCUT2D eigenvalue weighted by atomic mass is 10.2. The van der Waals surface area contributed by atoms with Gasteiger partial charge in [0, 0.05) is 25.5 Å². The molecule has 1 aromatic carbocycles. The van der Waals surface area contributed by atoms with Crippen molar-refractivity contribution in [2.24, 2.45) is 16.6 Å². The molecule has 130 valence electrons. The molecule has 1 unspecified atom stereocenters. The van der Waals surface area contributed by atoms with Crippen LogP contribution in [-0.2, 0) is 13.1 Å². The second kappa shape index (κ2) is 8.81. The molecule has 0 saturated carbocycles. The molecule has 1 heterocycles. The van der Waals surface area contributed by atoms with E-state index in [-0.39, 0.29) is 0 Å². The molecule has 2 rings (SSSR count). The lowest BCUT2D eigenvalue weighted by Crippen LogP contribution is -2.35. The molecule has 0 aliphatic carbocycles. The molecule has 2 aromatic rings. The fraction of sp³-hybridized carbons (Fsp3) is 0.412. The van der Waals surface area contributed by atoms with Crippen LogP contribution >= 0.6 is 0 Å². The third-order valence-corrected chi connectivity index (χ3v) is 3.57. The van der Waals surface area contributed by atoms with Crippen LogP contribution in [0.3, 0.4) is 0 Å². The van der Waals surface area contributed by atoms with Gasteiger partial charge in [-0.15, -0.1) is 0 Å². The number of methoxy groups -OCH3 is 2. The van der Waals surface area contributed by atoms with Gasteiger partial charge in [-0.3, -0.25) is 4.68 Å². The Kier molecular flexibility index (Phi) is 6.48. The first kappa shape index (κ1) is 17.7. The summed E-state index contributed by atoms with van der Waals surface area (Å²) in [6.07, 6.45) is 3.73. The van der Waals surface area contributed by atoms with Crippen LogP contribution in [0.25, 0.3) is 0 Å². The Hall–Kier alpha value is -2.70. The summed E-state index contributed by atoms with van der Waals surface area (Å²) >= 11 is 0. The van der Waals surface area contributed by atoms with Crippen LogP contribution < -0.4 is 20.5 Å². The van der Waals surface area contributed by atoms with Crippen molar-refractivity contribution in [3.8, 4) is 11.5 Å². The molecule has 3 N–H and O–H groups in total. The number of nitrogens with zero attached hydrogens (tertiary/aromatic N) is 3. The first-order valence-corrected chi connectivity index (χ1v) is 7.84. The summed E-state index contributed by atoms with van der Waals surface area (Å²) in [5, 5.41) is 7.34. The number of hydrogen-bond donors (Lipinski definition) is 2. The number of hydrogen-bond acceptors (Lipinski definition) is 4. The van der Waals surface area contributed by atoms with Crippen LogP contribution in [0.4, 0.5) is 0 Å². The van der Waals surface area contributed by atoms with Crippen molar-refractivity contribution in [3.05, 3.63) is 42.2 Å².